The summed E-state index contributed by atoms with van der Waals surface area (Å²) in [5, 5.41) is 0. The maximum absolute atomic E-state index is 11.4. The third-order valence-corrected chi connectivity index (χ3v) is 5.17. The number of hydrogen-bond acceptors (Lipinski definition) is 5. The third kappa shape index (κ3) is 3.84. The van der Waals surface area contributed by atoms with Crippen molar-refractivity contribution in [2.24, 2.45) is 11.7 Å². The molecule has 0 saturated carbocycles. The molecule has 0 amide bonds. The molecule has 1 saturated heterocycles. The van der Waals surface area contributed by atoms with Crippen molar-refractivity contribution in [1.82, 2.24) is 0 Å². The summed E-state index contributed by atoms with van der Waals surface area (Å²) >= 11 is 0. The van der Waals surface area contributed by atoms with Crippen molar-refractivity contribution in [2.45, 2.75) is 12.5 Å². The minimum Gasteiger partial charge on any atom is -0.497 e. The van der Waals surface area contributed by atoms with Crippen LogP contribution in [0.5, 0.6) is 11.5 Å². The number of rotatable bonds is 5. The molecule has 0 radical (unpaired) electrons. The summed E-state index contributed by atoms with van der Waals surface area (Å²) in [6, 6.07) is 6.97. The van der Waals surface area contributed by atoms with Crippen LogP contribution in [-0.4, -0.2) is 39.7 Å². The molecule has 5 nitrogen and oxygen atoms in total. The molecule has 106 valence electrons. The third-order valence-electron chi connectivity index (χ3n) is 3.38. The number of benzene rings is 1. The highest BCUT2D eigenvalue weighted by Crippen LogP contribution is 2.22. The number of ether oxygens (including phenoxy) is 2. The SMILES string of the molecule is COc1ccc(OCC(N)C2CCS(=O)(=O)C2)cc1. The van der Waals surface area contributed by atoms with Gasteiger partial charge in [0.2, 0.25) is 0 Å². The van der Waals surface area contributed by atoms with Crippen LogP contribution in [0.15, 0.2) is 24.3 Å². The lowest BCUT2D eigenvalue weighted by Gasteiger charge is -2.18. The van der Waals surface area contributed by atoms with Gasteiger partial charge in [-0.25, -0.2) is 8.42 Å². The molecule has 19 heavy (non-hydrogen) atoms. The molecule has 6 heteroatoms. The summed E-state index contributed by atoms with van der Waals surface area (Å²) in [4.78, 5) is 0. The minimum atomic E-state index is -2.88. The fraction of sp³-hybridized carbons (Fsp3) is 0.538. The van der Waals surface area contributed by atoms with Gasteiger partial charge >= 0.3 is 0 Å². The van der Waals surface area contributed by atoms with Gasteiger partial charge in [-0.05, 0) is 36.6 Å². The number of sulfone groups is 1. The maximum Gasteiger partial charge on any atom is 0.150 e. The largest absolute Gasteiger partial charge is 0.497 e. The zero-order valence-corrected chi connectivity index (χ0v) is 11.7. The Bertz CT molecular complexity index is 512. The van der Waals surface area contributed by atoms with E-state index in [0.29, 0.717) is 18.8 Å². The predicted molar refractivity (Wildman–Crippen MR) is 73.2 cm³/mol. The number of methoxy groups -OCH3 is 1. The first kappa shape index (κ1) is 14.1. The van der Waals surface area contributed by atoms with E-state index >= 15 is 0 Å². The van der Waals surface area contributed by atoms with Crippen LogP contribution in [0.4, 0.5) is 0 Å². The van der Waals surface area contributed by atoms with E-state index in [4.69, 9.17) is 15.2 Å². The lowest BCUT2D eigenvalue weighted by atomic mass is 10.0. The molecule has 0 aliphatic carbocycles. The van der Waals surface area contributed by atoms with Crippen molar-refractivity contribution in [2.75, 3.05) is 25.2 Å². The van der Waals surface area contributed by atoms with Crippen LogP contribution in [0.25, 0.3) is 0 Å². The monoisotopic (exact) mass is 285 g/mol. The summed E-state index contributed by atoms with van der Waals surface area (Å²) < 4.78 is 33.4. The van der Waals surface area contributed by atoms with Crippen molar-refractivity contribution >= 4 is 9.84 Å². The fourth-order valence-electron chi connectivity index (χ4n) is 2.16. The second-order valence-electron chi connectivity index (χ2n) is 4.81. The van der Waals surface area contributed by atoms with Gasteiger partial charge in [-0.2, -0.15) is 0 Å². The van der Waals surface area contributed by atoms with Gasteiger partial charge in [-0.15, -0.1) is 0 Å². The summed E-state index contributed by atoms with van der Waals surface area (Å²) in [5.41, 5.74) is 5.99. The molecular weight excluding hydrogens is 266 g/mol. The minimum absolute atomic E-state index is 0.00301. The lowest BCUT2D eigenvalue weighted by Crippen LogP contribution is -2.36. The van der Waals surface area contributed by atoms with Gasteiger partial charge in [0, 0.05) is 6.04 Å². The summed E-state index contributed by atoms with van der Waals surface area (Å²) in [5.74, 6) is 1.90. The molecule has 1 aromatic rings. The second kappa shape index (κ2) is 5.79. The first-order valence-electron chi connectivity index (χ1n) is 6.23. The van der Waals surface area contributed by atoms with Crippen molar-refractivity contribution in [3.05, 3.63) is 24.3 Å². The molecule has 1 aliphatic heterocycles. The summed E-state index contributed by atoms with van der Waals surface area (Å²) in [6.45, 7) is 0.326. The van der Waals surface area contributed by atoms with Gasteiger partial charge in [-0.1, -0.05) is 0 Å². The van der Waals surface area contributed by atoms with Crippen LogP contribution < -0.4 is 15.2 Å². The smallest absolute Gasteiger partial charge is 0.150 e. The Kier molecular flexibility index (Phi) is 4.31. The van der Waals surface area contributed by atoms with E-state index in [1.807, 2.05) is 0 Å². The number of hydrogen-bond donors (Lipinski definition) is 1. The van der Waals surface area contributed by atoms with Crippen molar-refractivity contribution in [3.63, 3.8) is 0 Å². The molecule has 2 unspecified atom stereocenters. The highest BCUT2D eigenvalue weighted by molar-refractivity contribution is 7.91. The standard InChI is InChI=1S/C13H19NO4S/c1-17-11-2-4-12(5-3-11)18-8-13(14)10-6-7-19(15,16)9-10/h2-5,10,13H,6-9,14H2,1H3. The van der Waals surface area contributed by atoms with E-state index in [-0.39, 0.29) is 23.5 Å². The molecule has 0 bridgehead atoms. The zero-order chi connectivity index (χ0) is 13.9. The van der Waals surface area contributed by atoms with Crippen molar-refractivity contribution < 1.29 is 17.9 Å². The van der Waals surface area contributed by atoms with E-state index in [1.165, 1.54) is 0 Å². The van der Waals surface area contributed by atoms with Gasteiger partial charge in [0.15, 0.2) is 9.84 Å². The van der Waals surface area contributed by atoms with Gasteiger partial charge in [0.05, 0.1) is 18.6 Å². The predicted octanol–water partition coefficient (Wildman–Crippen LogP) is 0.836. The van der Waals surface area contributed by atoms with Crippen LogP contribution in [0.3, 0.4) is 0 Å². The topological polar surface area (TPSA) is 78.6 Å². The summed E-state index contributed by atoms with van der Waals surface area (Å²) in [7, 11) is -1.28. The van der Waals surface area contributed by atoms with Gasteiger partial charge in [0.25, 0.3) is 0 Å². The molecule has 1 aromatic carbocycles. The van der Waals surface area contributed by atoms with Crippen LogP contribution in [0.2, 0.25) is 0 Å². The maximum atomic E-state index is 11.4. The first-order valence-corrected chi connectivity index (χ1v) is 8.05. The molecule has 1 heterocycles. The van der Waals surface area contributed by atoms with Crippen molar-refractivity contribution in [1.29, 1.82) is 0 Å². The molecule has 1 aliphatic rings. The quantitative estimate of drug-likeness (QED) is 0.867. The second-order valence-corrected chi connectivity index (χ2v) is 7.04. The Morgan fingerprint density at radius 3 is 2.47 bits per heavy atom. The molecule has 2 atom stereocenters. The number of nitrogens with two attached hydrogens (primary N) is 1. The summed E-state index contributed by atoms with van der Waals surface area (Å²) in [6.07, 6.45) is 0.634. The van der Waals surface area contributed by atoms with Crippen LogP contribution in [0.1, 0.15) is 6.42 Å². The lowest BCUT2D eigenvalue weighted by molar-refractivity contribution is 0.254. The van der Waals surface area contributed by atoms with Gasteiger partial charge < -0.3 is 15.2 Å². The zero-order valence-electron chi connectivity index (χ0n) is 10.9. The van der Waals surface area contributed by atoms with E-state index in [1.54, 1.807) is 31.4 Å². The van der Waals surface area contributed by atoms with Crippen LogP contribution in [0, 0.1) is 5.92 Å². The molecule has 1 fully saturated rings. The van der Waals surface area contributed by atoms with Crippen LogP contribution >= 0.6 is 0 Å². The van der Waals surface area contributed by atoms with E-state index in [9.17, 15) is 8.42 Å². The van der Waals surface area contributed by atoms with Crippen molar-refractivity contribution in [3.8, 4) is 11.5 Å². The van der Waals surface area contributed by atoms with Gasteiger partial charge in [-0.3, -0.25) is 0 Å². The molecule has 2 N–H and O–H groups in total. The average molecular weight is 285 g/mol. The Morgan fingerprint density at radius 2 is 1.95 bits per heavy atom. The van der Waals surface area contributed by atoms with Crippen LogP contribution in [-0.2, 0) is 9.84 Å². The van der Waals surface area contributed by atoms with Gasteiger partial charge in [0.1, 0.15) is 18.1 Å². The molecule has 0 aromatic heterocycles. The van der Waals surface area contributed by atoms with E-state index in [2.05, 4.69) is 0 Å². The molecule has 2 rings (SSSR count). The molecular formula is C13H19NO4S. The highest BCUT2D eigenvalue weighted by atomic mass is 32.2. The highest BCUT2D eigenvalue weighted by Gasteiger charge is 2.32. The Morgan fingerprint density at radius 1 is 1.32 bits per heavy atom. The molecule has 0 spiro atoms. The first-order chi connectivity index (χ1) is 9.00. The van der Waals surface area contributed by atoms with E-state index < -0.39 is 9.84 Å². The Labute approximate surface area is 113 Å². The fourth-order valence-corrected chi connectivity index (χ4v) is 4.06. The Hall–Kier alpha value is -1.27. The van der Waals surface area contributed by atoms with E-state index in [0.717, 1.165) is 5.75 Å². The average Bonchev–Trinajstić information content (AvgIpc) is 2.77. The Balaban J connectivity index is 1.84. The normalized spacial score (nSPS) is 22.9.